The van der Waals surface area contributed by atoms with Gasteiger partial charge in [-0.15, -0.1) is 0 Å². The highest BCUT2D eigenvalue weighted by Gasteiger charge is 2.20. The van der Waals surface area contributed by atoms with E-state index in [2.05, 4.69) is 41.8 Å². The normalized spacial score (nSPS) is 15.3. The number of ether oxygens (including phenoxy) is 2. The molecule has 1 heterocycles. The number of methoxy groups -OCH3 is 1. The van der Waals surface area contributed by atoms with Crippen molar-refractivity contribution in [3.8, 4) is 11.5 Å². The van der Waals surface area contributed by atoms with Crippen LogP contribution < -0.4 is 14.4 Å². The first-order valence-corrected chi connectivity index (χ1v) is 11.6. The quantitative estimate of drug-likeness (QED) is 0.436. The van der Waals surface area contributed by atoms with Gasteiger partial charge in [0, 0.05) is 44.8 Å². The SMILES string of the molecule is COc1ccc([C@@H](CCN2CCN(c3ccc(C)c(C)c3)CC2)Oc2ccc(F)cc2)cc1. The molecule has 0 spiro atoms. The first kappa shape index (κ1) is 23.1. The van der Waals surface area contributed by atoms with Crippen LogP contribution in [0, 0.1) is 19.7 Å². The van der Waals surface area contributed by atoms with Crippen molar-refractivity contribution in [2.24, 2.45) is 0 Å². The summed E-state index contributed by atoms with van der Waals surface area (Å²) < 4.78 is 24.9. The Labute approximate surface area is 196 Å². The smallest absolute Gasteiger partial charge is 0.125 e. The number of aryl methyl sites for hydroxylation is 2. The number of piperazine rings is 1. The zero-order valence-electron chi connectivity index (χ0n) is 19.8. The number of hydrogen-bond acceptors (Lipinski definition) is 4. The fraction of sp³-hybridized carbons (Fsp3) is 0.357. The molecule has 0 radical (unpaired) electrons. The number of nitrogens with zero attached hydrogens (tertiary/aromatic N) is 2. The van der Waals surface area contributed by atoms with Gasteiger partial charge in [0.1, 0.15) is 23.4 Å². The minimum atomic E-state index is -0.259. The highest BCUT2D eigenvalue weighted by Crippen LogP contribution is 2.27. The Morgan fingerprint density at radius 2 is 1.48 bits per heavy atom. The van der Waals surface area contributed by atoms with Crippen LogP contribution >= 0.6 is 0 Å². The molecule has 0 bridgehead atoms. The van der Waals surface area contributed by atoms with Gasteiger partial charge >= 0.3 is 0 Å². The molecule has 0 aliphatic carbocycles. The predicted octanol–water partition coefficient (Wildman–Crippen LogP) is 5.78. The molecular formula is C28H33FN2O2. The summed E-state index contributed by atoms with van der Waals surface area (Å²) in [6.45, 7) is 9.37. The van der Waals surface area contributed by atoms with Gasteiger partial charge in [0.25, 0.3) is 0 Å². The largest absolute Gasteiger partial charge is 0.497 e. The van der Waals surface area contributed by atoms with Crippen molar-refractivity contribution in [3.63, 3.8) is 0 Å². The average Bonchev–Trinajstić information content (AvgIpc) is 2.85. The molecule has 1 saturated heterocycles. The molecule has 1 aliphatic rings. The number of anilines is 1. The Hall–Kier alpha value is -3.05. The van der Waals surface area contributed by atoms with Crippen molar-refractivity contribution in [1.82, 2.24) is 4.90 Å². The van der Waals surface area contributed by atoms with Crippen LogP contribution in [-0.2, 0) is 0 Å². The molecule has 174 valence electrons. The van der Waals surface area contributed by atoms with Crippen LogP contribution in [0.3, 0.4) is 0 Å². The summed E-state index contributed by atoms with van der Waals surface area (Å²) in [5, 5.41) is 0. The molecule has 3 aromatic carbocycles. The summed E-state index contributed by atoms with van der Waals surface area (Å²) in [4.78, 5) is 4.97. The number of benzene rings is 3. The minimum absolute atomic E-state index is 0.112. The maximum atomic E-state index is 13.3. The van der Waals surface area contributed by atoms with Gasteiger partial charge in [-0.3, -0.25) is 4.90 Å². The molecule has 4 rings (SSSR count). The van der Waals surface area contributed by atoms with Crippen LogP contribution in [0.2, 0.25) is 0 Å². The van der Waals surface area contributed by atoms with Crippen molar-refractivity contribution in [1.29, 1.82) is 0 Å². The molecule has 0 saturated carbocycles. The maximum Gasteiger partial charge on any atom is 0.125 e. The van der Waals surface area contributed by atoms with Crippen molar-refractivity contribution >= 4 is 5.69 Å². The second-order valence-corrected chi connectivity index (χ2v) is 8.72. The summed E-state index contributed by atoms with van der Waals surface area (Å²) in [6.07, 6.45) is 0.743. The Morgan fingerprint density at radius 1 is 0.818 bits per heavy atom. The topological polar surface area (TPSA) is 24.9 Å². The van der Waals surface area contributed by atoms with Gasteiger partial charge in [-0.2, -0.15) is 0 Å². The lowest BCUT2D eigenvalue weighted by atomic mass is 10.1. The van der Waals surface area contributed by atoms with Crippen molar-refractivity contribution in [2.45, 2.75) is 26.4 Å². The number of hydrogen-bond donors (Lipinski definition) is 0. The van der Waals surface area contributed by atoms with E-state index in [0.29, 0.717) is 5.75 Å². The van der Waals surface area contributed by atoms with Crippen LogP contribution in [0.25, 0.3) is 0 Å². The van der Waals surface area contributed by atoms with Gasteiger partial charge in [-0.1, -0.05) is 18.2 Å². The van der Waals surface area contributed by atoms with Crippen LogP contribution in [0.4, 0.5) is 10.1 Å². The fourth-order valence-electron chi connectivity index (χ4n) is 4.24. The Kier molecular flexibility index (Phi) is 7.50. The summed E-state index contributed by atoms with van der Waals surface area (Å²) in [5.74, 6) is 1.24. The van der Waals surface area contributed by atoms with Crippen LogP contribution in [0.1, 0.15) is 29.2 Å². The second-order valence-electron chi connectivity index (χ2n) is 8.72. The van der Waals surface area contributed by atoms with E-state index in [1.807, 2.05) is 24.3 Å². The summed E-state index contributed by atoms with van der Waals surface area (Å²) in [7, 11) is 1.67. The minimum Gasteiger partial charge on any atom is -0.497 e. The fourth-order valence-corrected chi connectivity index (χ4v) is 4.24. The van der Waals surface area contributed by atoms with E-state index in [-0.39, 0.29) is 11.9 Å². The summed E-state index contributed by atoms with van der Waals surface area (Å²) >= 11 is 0. The van der Waals surface area contributed by atoms with E-state index in [0.717, 1.165) is 50.5 Å². The zero-order chi connectivity index (χ0) is 23.2. The van der Waals surface area contributed by atoms with Crippen LogP contribution in [-0.4, -0.2) is 44.7 Å². The van der Waals surface area contributed by atoms with Gasteiger partial charge in [0.05, 0.1) is 7.11 Å². The van der Waals surface area contributed by atoms with Gasteiger partial charge in [0.15, 0.2) is 0 Å². The van der Waals surface area contributed by atoms with E-state index in [4.69, 9.17) is 9.47 Å². The van der Waals surface area contributed by atoms with Crippen molar-refractivity contribution < 1.29 is 13.9 Å². The highest BCUT2D eigenvalue weighted by atomic mass is 19.1. The Bertz CT molecular complexity index is 1030. The number of rotatable bonds is 8. The van der Waals surface area contributed by atoms with E-state index in [9.17, 15) is 4.39 Å². The third-order valence-electron chi connectivity index (χ3n) is 6.52. The lowest BCUT2D eigenvalue weighted by molar-refractivity contribution is 0.160. The third-order valence-corrected chi connectivity index (χ3v) is 6.52. The zero-order valence-corrected chi connectivity index (χ0v) is 19.8. The van der Waals surface area contributed by atoms with Gasteiger partial charge < -0.3 is 14.4 Å². The molecule has 1 fully saturated rings. The van der Waals surface area contributed by atoms with E-state index >= 15 is 0 Å². The van der Waals surface area contributed by atoms with E-state index < -0.39 is 0 Å². The van der Waals surface area contributed by atoms with Crippen molar-refractivity contribution in [3.05, 3.63) is 89.2 Å². The molecule has 33 heavy (non-hydrogen) atoms. The second kappa shape index (κ2) is 10.7. The predicted molar refractivity (Wildman–Crippen MR) is 132 cm³/mol. The average molecular weight is 449 g/mol. The molecule has 0 amide bonds. The van der Waals surface area contributed by atoms with Gasteiger partial charge in [-0.05, 0) is 79.1 Å². The first-order chi connectivity index (χ1) is 16.0. The lowest BCUT2D eigenvalue weighted by Gasteiger charge is -2.37. The number of halogens is 1. The van der Waals surface area contributed by atoms with E-state index in [1.165, 1.54) is 28.9 Å². The highest BCUT2D eigenvalue weighted by molar-refractivity contribution is 5.51. The summed E-state index contributed by atoms with van der Waals surface area (Å²) in [6, 6.07) is 21.0. The lowest BCUT2D eigenvalue weighted by Crippen LogP contribution is -2.47. The molecule has 0 aromatic heterocycles. The van der Waals surface area contributed by atoms with Crippen LogP contribution in [0.5, 0.6) is 11.5 Å². The molecule has 5 heteroatoms. The van der Waals surface area contributed by atoms with Gasteiger partial charge in [-0.25, -0.2) is 4.39 Å². The van der Waals surface area contributed by atoms with Gasteiger partial charge in [0.2, 0.25) is 0 Å². The maximum absolute atomic E-state index is 13.3. The molecule has 1 aliphatic heterocycles. The Morgan fingerprint density at radius 3 is 2.12 bits per heavy atom. The molecule has 0 N–H and O–H groups in total. The standard InChI is InChI=1S/C28H33FN2O2/c1-21-4-9-25(20-22(21)2)31-18-16-30(17-19-31)15-14-28(23-5-10-26(32-3)11-6-23)33-27-12-7-24(29)8-13-27/h4-13,20,28H,14-19H2,1-3H3/t28-/m1/s1. The van der Waals surface area contributed by atoms with E-state index in [1.54, 1.807) is 19.2 Å². The monoisotopic (exact) mass is 448 g/mol. The molecule has 0 unspecified atom stereocenters. The first-order valence-electron chi connectivity index (χ1n) is 11.6. The Balaban J connectivity index is 1.37. The van der Waals surface area contributed by atoms with Crippen molar-refractivity contribution in [2.75, 3.05) is 44.7 Å². The molecular weight excluding hydrogens is 415 g/mol. The molecule has 1 atom stereocenters. The molecule has 3 aromatic rings. The molecule has 4 nitrogen and oxygen atoms in total. The van der Waals surface area contributed by atoms with Crippen LogP contribution in [0.15, 0.2) is 66.7 Å². The third kappa shape index (κ3) is 6.05. The summed E-state index contributed by atoms with van der Waals surface area (Å²) in [5.41, 5.74) is 5.08.